The zero-order valence-corrected chi connectivity index (χ0v) is 15.9. The molecule has 0 fully saturated rings. The number of carbonyl (C=O) groups excluding carboxylic acids is 1. The Kier molecular flexibility index (Phi) is 7.44. The van der Waals surface area contributed by atoms with E-state index in [1.165, 1.54) is 0 Å². The fourth-order valence-corrected chi connectivity index (χ4v) is 4.14. The van der Waals surface area contributed by atoms with Crippen LogP contribution in [-0.4, -0.2) is 42.4 Å². The molecule has 0 aliphatic carbocycles. The first-order valence-corrected chi connectivity index (χ1v) is 11.0. The van der Waals surface area contributed by atoms with Crippen molar-refractivity contribution in [3.05, 3.63) is 16.7 Å². The molecule has 1 atom stereocenters. The highest BCUT2D eigenvalue weighted by molar-refractivity contribution is 6.83. The Morgan fingerprint density at radius 2 is 1.52 bits per heavy atom. The number of aliphatic hydroxyl groups excluding tert-OH is 1. The van der Waals surface area contributed by atoms with Crippen LogP contribution < -0.4 is 0 Å². The van der Waals surface area contributed by atoms with Crippen LogP contribution in [0.5, 0.6) is 0 Å². The maximum absolute atomic E-state index is 12.2. The molecule has 1 N–H and O–H groups in total. The average Bonchev–Trinajstić information content (AvgIpc) is 2.22. The van der Waals surface area contributed by atoms with Gasteiger partial charge in [-0.1, -0.05) is 25.4 Å². The van der Waals surface area contributed by atoms with E-state index >= 15 is 0 Å². The van der Waals surface area contributed by atoms with Crippen molar-refractivity contribution >= 4 is 14.2 Å². The molecule has 4 nitrogen and oxygen atoms in total. The molecule has 122 valence electrons. The van der Waals surface area contributed by atoms with E-state index in [-0.39, 0.29) is 18.2 Å². The highest BCUT2D eigenvalue weighted by Crippen LogP contribution is 2.18. The molecule has 0 radical (unpaired) electrons. The van der Waals surface area contributed by atoms with E-state index in [4.69, 9.17) is 4.74 Å². The Bertz CT molecular complexity index is 419. The molecule has 0 aromatic rings. The van der Waals surface area contributed by atoms with Crippen molar-refractivity contribution in [2.24, 2.45) is 0 Å². The summed E-state index contributed by atoms with van der Waals surface area (Å²) in [5.74, 6) is 0.407. The van der Waals surface area contributed by atoms with E-state index in [1.807, 2.05) is 27.7 Å². The van der Waals surface area contributed by atoms with Gasteiger partial charge < -0.3 is 14.7 Å². The first-order valence-electron chi connectivity index (χ1n) is 7.54. The monoisotopic (exact) mass is 313 g/mol. The predicted octanol–water partition coefficient (Wildman–Crippen LogP) is 3.93. The van der Waals surface area contributed by atoms with Crippen molar-refractivity contribution in [3.63, 3.8) is 0 Å². The number of aliphatic hydroxyl groups is 1. The van der Waals surface area contributed by atoms with Crippen LogP contribution >= 0.6 is 0 Å². The van der Waals surface area contributed by atoms with Gasteiger partial charge in [0.2, 0.25) is 0 Å². The largest absolute Gasteiger partial charge is 0.415 e. The van der Waals surface area contributed by atoms with Crippen LogP contribution in [-0.2, 0) is 4.74 Å². The minimum atomic E-state index is -1.70. The third kappa shape index (κ3) is 6.51. The second kappa shape index (κ2) is 7.83. The van der Waals surface area contributed by atoms with Crippen molar-refractivity contribution in [1.82, 2.24) is 4.90 Å². The summed E-state index contributed by atoms with van der Waals surface area (Å²) in [7, 11) is -1.70. The third-order valence-corrected chi connectivity index (χ3v) is 5.26. The Morgan fingerprint density at radius 1 is 1.10 bits per heavy atom. The molecular formula is C16H31NO3Si. The summed E-state index contributed by atoms with van der Waals surface area (Å²) in [5, 5.41) is 10.7. The first-order chi connectivity index (χ1) is 9.37. The van der Waals surface area contributed by atoms with E-state index < -0.39 is 14.2 Å². The summed E-state index contributed by atoms with van der Waals surface area (Å²) in [4.78, 5) is 13.9. The molecule has 1 amide bonds. The Labute approximate surface area is 130 Å². The maximum atomic E-state index is 12.2. The van der Waals surface area contributed by atoms with E-state index in [2.05, 4.69) is 25.4 Å². The third-order valence-electron chi connectivity index (χ3n) is 3.10. The quantitative estimate of drug-likeness (QED) is 0.475. The maximum Gasteiger partial charge on any atom is 0.415 e. The topological polar surface area (TPSA) is 49.8 Å². The molecule has 1 unspecified atom stereocenters. The van der Waals surface area contributed by atoms with Crippen LogP contribution in [0.2, 0.25) is 19.6 Å². The van der Waals surface area contributed by atoms with Crippen LogP contribution in [0.3, 0.4) is 0 Å². The molecular weight excluding hydrogens is 282 g/mol. The van der Waals surface area contributed by atoms with E-state index in [9.17, 15) is 9.90 Å². The molecule has 0 aromatic heterocycles. The molecule has 0 saturated carbocycles. The van der Waals surface area contributed by atoms with Gasteiger partial charge in [-0.05, 0) is 39.8 Å². The lowest BCUT2D eigenvalue weighted by molar-refractivity contribution is 0.102. The lowest BCUT2D eigenvalue weighted by Crippen LogP contribution is -2.42. The summed E-state index contributed by atoms with van der Waals surface area (Å²) in [6.07, 6.45) is -0.942. The first kappa shape index (κ1) is 20.0. The lowest BCUT2D eigenvalue weighted by atomic mass is 10.2. The Morgan fingerprint density at radius 3 is 1.81 bits per heavy atom. The number of amides is 1. The minimum absolute atomic E-state index is 0.0718. The molecule has 0 spiro atoms. The zero-order valence-electron chi connectivity index (χ0n) is 14.9. The molecule has 5 heteroatoms. The molecule has 0 aliphatic rings. The van der Waals surface area contributed by atoms with Crippen molar-refractivity contribution in [2.75, 3.05) is 0 Å². The van der Waals surface area contributed by atoms with Gasteiger partial charge in [0.15, 0.2) is 0 Å². The van der Waals surface area contributed by atoms with E-state index in [0.717, 1.165) is 5.20 Å². The minimum Gasteiger partial charge on any atom is -0.406 e. The van der Waals surface area contributed by atoms with Crippen LogP contribution in [0.4, 0.5) is 4.79 Å². The summed E-state index contributed by atoms with van der Waals surface area (Å²) in [5.41, 5.74) is 3.10. The highest BCUT2D eigenvalue weighted by atomic mass is 28.3. The second-order valence-corrected chi connectivity index (χ2v) is 12.0. The average molecular weight is 314 g/mol. The zero-order chi connectivity index (χ0) is 17.0. The SMILES string of the molecule is CC(=C=C(C(C)O)[Si](C)(C)C)OC(=O)N(C(C)C)C(C)C. The number of hydrogen-bond acceptors (Lipinski definition) is 3. The van der Waals surface area contributed by atoms with Gasteiger partial charge in [0.1, 0.15) is 5.76 Å². The fraction of sp³-hybridized carbons (Fsp3) is 0.750. The van der Waals surface area contributed by atoms with Crippen LogP contribution in [0, 0.1) is 0 Å². The predicted molar refractivity (Wildman–Crippen MR) is 89.8 cm³/mol. The van der Waals surface area contributed by atoms with E-state index in [0.29, 0.717) is 5.76 Å². The number of nitrogens with zero attached hydrogens (tertiary/aromatic N) is 1. The van der Waals surface area contributed by atoms with Crippen molar-refractivity contribution < 1.29 is 14.6 Å². The highest BCUT2D eigenvalue weighted by Gasteiger charge is 2.25. The van der Waals surface area contributed by atoms with Crippen LogP contribution in [0.1, 0.15) is 41.5 Å². The van der Waals surface area contributed by atoms with Gasteiger partial charge in [-0.2, -0.15) is 0 Å². The van der Waals surface area contributed by atoms with Gasteiger partial charge in [0.25, 0.3) is 0 Å². The number of ether oxygens (including phenoxy) is 1. The Balaban J connectivity index is 5.40. The summed E-state index contributed by atoms with van der Waals surface area (Å²) in [6.45, 7) is 17.7. The van der Waals surface area contributed by atoms with Crippen molar-refractivity contribution in [2.45, 2.75) is 79.4 Å². The second-order valence-electron chi connectivity index (χ2n) is 6.98. The molecule has 0 heterocycles. The van der Waals surface area contributed by atoms with E-state index in [1.54, 1.807) is 18.7 Å². The number of rotatable bonds is 5. The molecule has 21 heavy (non-hydrogen) atoms. The summed E-state index contributed by atoms with van der Waals surface area (Å²) < 4.78 is 5.39. The lowest BCUT2D eigenvalue weighted by Gasteiger charge is -2.29. The van der Waals surface area contributed by atoms with Crippen LogP contribution in [0.15, 0.2) is 16.7 Å². The van der Waals surface area contributed by atoms with Gasteiger partial charge in [-0.15, -0.1) is 0 Å². The standard InChI is InChI=1S/C16H31NO3Si/c1-11(2)17(12(3)4)16(19)20-13(5)10-15(14(6)18)21(7,8)9/h11-12,14,18H,1-9H3. The molecule has 0 saturated heterocycles. The van der Waals surface area contributed by atoms with Gasteiger partial charge in [-0.3, -0.25) is 0 Å². The van der Waals surface area contributed by atoms with Gasteiger partial charge in [-0.25, -0.2) is 4.79 Å². The van der Waals surface area contributed by atoms with Gasteiger partial charge in [0.05, 0.1) is 14.2 Å². The van der Waals surface area contributed by atoms with Crippen molar-refractivity contribution in [1.29, 1.82) is 0 Å². The normalized spacial score (nSPS) is 13.0. The van der Waals surface area contributed by atoms with Crippen LogP contribution in [0.25, 0.3) is 0 Å². The Hall–Kier alpha value is -1.03. The van der Waals surface area contributed by atoms with Gasteiger partial charge in [0, 0.05) is 19.0 Å². The molecule has 0 aliphatic heterocycles. The smallest absolute Gasteiger partial charge is 0.406 e. The molecule has 0 rings (SSSR count). The fourth-order valence-electron chi connectivity index (χ4n) is 2.34. The van der Waals surface area contributed by atoms with Crippen molar-refractivity contribution in [3.8, 4) is 0 Å². The molecule has 0 bridgehead atoms. The number of carbonyl (C=O) groups is 1. The molecule has 0 aromatic carbocycles. The summed E-state index contributed by atoms with van der Waals surface area (Å²) in [6, 6.07) is 0.144. The van der Waals surface area contributed by atoms with Gasteiger partial charge >= 0.3 is 6.09 Å². The number of hydrogen-bond donors (Lipinski definition) is 1. The summed E-state index contributed by atoms with van der Waals surface area (Å²) >= 11 is 0.